The maximum atomic E-state index is 6.12. The Morgan fingerprint density at radius 2 is 1.64 bits per heavy atom. The smallest absolute Gasteiger partial charge is 0.137 e. The first-order valence-corrected chi connectivity index (χ1v) is 7.51. The van der Waals surface area contributed by atoms with E-state index in [9.17, 15) is 0 Å². The van der Waals surface area contributed by atoms with Gasteiger partial charge in [0, 0.05) is 23.1 Å². The van der Waals surface area contributed by atoms with Crippen molar-refractivity contribution in [3.05, 3.63) is 71.8 Å². The first kappa shape index (κ1) is 13.2. The summed E-state index contributed by atoms with van der Waals surface area (Å²) in [7, 11) is 2.04. The second-order valence-electron chi connectivity index (χ2n) is 5.29. The fourth-order valence-electron chi connectivity index (χ4n) is 2.86. The summed E-state index contributed by atoms with van der Waals surface area (Å²) in [6.45, 7) is 0. The van der Waals surface area contributed by atoms with Crippen LogP contribution in [0.1, 0.15) is 0 Å². The summed E-state index contributed by atoms with van der Waals surface area (Å²) in [5.41, 5.74) is 3.95. The first-order chi connectivity index (χ1) is 10.7. The largest absolute Gasteiger partial charge is 0.456 e. The van der Waals surface area contributed by atoms with Gasteiger partial charge in [0.2, 0.25) is 0 Å². The molecule has 3 aromatic carbocycles. The molecule has 1 heterocycles. The lowest BCUT2D eigenvalue weighted by atomic mass is 10.1. The Morgan fingerprint density at radius 1 is 0.864 bits per heavy atom. The predicted octanol–water partition coefficient (Wildman–Crippen LogP) is 6.01. The van der Waals surface area contributed by atoms with Gasteiger partial charge in [0.15, 0.2) is 0 Å². The minimum Gasteiger partial charge on any atom is -0.456 e. The molecule has 4 rings (SSSR count). The van der Waals surface area contributed by atoms with Crippen LogP contribution in [-0.2, 0) is 0 Å². The quantitative estimate of drug-likeness (QED) is 0.451. The van der Waals surface area contributed by atoms with Crippen LogP contribution in [0.4, 0.5) is 11.4 Å². The molecular formula is C19H14ClNO. The monoisotopic (exact) mass is 307 g/mol. The van der Waals surface area contributed by atoms with E-state index in [0.29, 0.717) is 0 Å². The Hall–Kier alpha value is -2.45. The minimum absolute atomic E-state index is 0.730. The van der Waals surface area contributed by atoms with Crippen LogP contribution in [0.15, 0.2) is 71.1 Å². The molecule has 0 N–H and O–H groups in total. The molecule has 22 heavy (non-hydrogen) atoms. The van der Waals surface area contributed by atoms with Crippen LogP contribution >= 0.6 is 11.6 Å². The number of hydrogen-bond donors (Lipinski definition) is 0. The zero-order valence-corrected chi connectivity index (χ0v) is 12.8. The molecule has 0 amide bonds. The normalized spacial score (nSPS) is 11.2. The summed E-state index contributed by atoms with van der Waals surface area (Å²) >= 11 is 6.12. The summed E-state index contributed by atoms with van der Waals surface area (Å²) in [6, 6.07) is 22.1. The van der Waals surface area contributed by atoms with E-state index < -0.39 is 0 Å². The molecule has 0 saturated heterocycles. The maximum Gasteiger partial charge on any atom is 0.137 e. The van der Waals surface area contributed by atoms with Crippen LogP contribution < -0.4 is 4.90 Å². The summed E-state index contributed by atoms with van der Waals surface area (Å²) < 4.78 is 5.95. The van der Waals surface area contributed by atoms with Crippen LogP contribution in [0.5, 0.6) is 0 Å². The first-order valence-electron chi connectivity index (χ1n) is 7.13. The van der Waals surface area contributed by atoms with Crippen molar-refractivity contribution in [3.63, 3.8) is 0 Å². The van der Waals surface area contributed by atoms with Gasteiger partial charge >= 0.3 is 0 Å². The van der Waals surface area contributed by atoms with Gasteiger partial charge in [-0.3, -0.25) is 0 Å². The number of furan rings is 1. The van der Waals surface area contributed by atoms with E-state index in [2.05, 4.69) is 17.0 Å². The SMILES string of the molecule is CN(c1cccc(Cl)c1)c1cccc2oc3ccccc3c12. The van der Waals surface area contributed by atoms with Crippen LogP contribution in [0.25, 0.3) is 21.9 Å². The van der Waals surface area contributed by atoms with E-state index in [-0.39, 0.29) is 0 Å². The van der Waals surface area contributed by atoms with Crippen molar-refractivity contribution in [1.82, 2.24) is 0 Å². The topological polar surface area (TPSA) is 16.4 Å². The summed E-state index contributed by atoms with van der Waals surface area (Å²) in [4.78, 5) is 2.14. The van der Waals surface area contributed by atoms with Crippen molar-refractivity contribution >= 4 is 44.9 Å². The highest BCUT2D eigenvalue weighted by atomic mass is 35.5. The number of rotatable bonds is 2. The molecule has 108 valence electrons. The van der Waals surface area contributed by atoms with Crippen molar-refractivity contribution in [1.29, 1.82) is 0 Å². The Kier molecular flexibility index (Phi) is 3.05. The van der Waals surface area contributed by atoms with Crippen molar-refractivity contribution in [2.75, 3.05) is 11.9 Å². The van der Waals surface area contributed by atoms with Crippen molar-refractivity contribution in [2.24, 2.45) is 0 Å². The third-order valence-electron chi connectivity index (χ3n) is 3.94. The molecule has 0 unspecified atom stereocenters. The zero-order valence-electron chi connectivity index (χ0n) is 12.1. The molecule has 2 nitrogen and oxygen atoms in total. The molecule has 0 fully saturated rings. The van der Waals surface area contributed by atoms with Crippen molar-refractivity contribution in [2.45, 2.75) is 0 Å². The van der Waals surface area contributed by atoms with Gasteiger partial charge in [-0.15, -0.1) is 0 Å². The Balaban J connectivity index is 1.98. The minimum atomic E-state index is 0.730. The fourth-order valence-corrected chi connectivity index (χ4v) is 3.04. The van der Waals surface area contributed by atoms with E-state index >= 15 is 0 Å². The lowest BCUT2D eigenvalue weighted by molar-refractivity contribution is 0.669. The molecule has 0 aliphatic heterocycles. The number of hydrogen-bond acceptors (Lipinski definition) is 2. The molecule has 0 radical (unpaired) electrons. The van der Waals surface area contributed by atoms with Crippen LogP contribution in [0.2, 0.25) is 5.02 Å². The lowest BCUT2D eigenvalue weighted by Crippen LogP contribution is -2.09. The van der Waals surface area contributed by atoms with Gasteiger partial charge in [-0.1, -0.05) is 41.9 Å². The van der Waals surface area contributed by atoms with Crippen molar-refractivity contribution < 1.29 is 4.42 Å². The molecule has 0 aliphatic carbocycles. The molecule has 3 heteroatoms. The van der Waals surface area contributed by atoms with Gasteiger partial charge in [0.1, 0.15) is 11.2 Å². The molecule has 0 atom stereocenters. The van der Waals surface area contributed by atoms with Crippen molar-refractivity contribution in [3.8, 4) is 0 Å². The van der Waals surface area contributed by atoms with Crippen LogP contribution in [0.3, 0.4) is 0 Å². The number of halogens is 1. The molecule has 0 aliphatic rings. The molecule has 1 aromatic heterocycles. The number of nitrogens with zero attached hydrogens (tertiary/aromatic N) is 1. The van der Waals surface area contributed by atoms with E-state index in [0.717, 1.165) is 38.3 Å². The molecular weight excluding hydrogens is 294 g/mol. The predicted molar refractivity (Wildman–Crippen MR) is 93.2 cm³/mol. The maximum absolute atomic E-state index is 6.12. The number of benzene rings is 3. The number of para-hydroxylation sites is 1. The Labute approximate surface area is 133 Å². The second kappa shape index (κ2) is 5.08. The van der Waals surface area contributed by atoms with Gasteiger partial charge in [-0.2, -0.15) is 0 Å². The van der Waals surface area contributed by atoms with E-state index in [1.165, 1.54) is 0 Å². The van der Waals surface area contributed by atoms with Crippen LogP contribution in [0, 0.1) is 0 Å². The third-order valence-corrected chi connectivity index (χ3v) is 4.17. The lowest BCUT2D eigenvalue weighted by Gasteiger charge is -2.20. The van der Waals surface area contributed by atoms with E-state index in [4.69, 9.17) is 16.0 Å². The molecule has 0 bridgehead atoms. The second-order valence-corrected chi connectivity index (χ2v) is 5.72. The molecule has 0 spiro atoms. The van der Waals surface area contributed by atoms with Gasteiger partial charge in [-0.05, 0) is 36.4 Å². The van der Waals surface area contributed by atoms with Gasteiger partial charge < -0.3 is 9.32 Å². The highest BCUT2D eigenvalue weighted by Crippen LogP contribution is 2.38. The van der Waals surface area contributed by atoms with Gasteiger partial charge in [0.25, 0.3) is 0 Å². The molecule has 4 aromatic rings. The summed E-state index contributed by atoms with van der Waals surface area (Å²) in [5.74, 6) is 0. The Morgan fingerprint density at radius 3 is 2.50 bits per heavy atom. The van der Waals surface area contributed by atoms with Gasteiger partial charge in [0.05, 0.1) is 11.1 Å². The highest BCUT2D eigenvalue weighted by molar-refractivity contribution is 6.30. The van der Waals surface area contributed by atoms with E-state index in [1.54, 1.807) is 0 Å². The zero-order chi connectivity index (χ0) is 15.1. The average molecular weight is 308 g/mol. The standard InChI is InChI=1S/C19H14ClNO/c1-21(14-7-4-6-13(20)12-14)16-9-5-11-18-19(16)15-8-2-3-10-17(15)22-18/h2-12H,1H3. The summed E-state index contributed by atoms with van der Waals surface area (Å²) in [5, 5.41) is 2.98. The fraction of sp³-hybridized carbons (Fsp3) is 0.0526. The number of anilines is 2. The average Bonchev–Trinajstić information content (AvgIpc) is 2.92. The van der Waals surface area contributed by atoms with E-state index in [1.807, 2.05) is 61.6 Å². The van der Waals surface area contributed by atoms with Crippen LogP contribution in [-0.4, -0.2) is 7.05 Å². The third kappa shape index (κ3) is 2.04. The van der Waals surface area contributed by atoms with Gasteiger partial charge in [-0.25, -0.2) is 0 Å². The molecule has 0 saturated carbocycles. The Bertz CT molecular complexity index is 973. The highest BCUT2D eigenvalue weighted by Gasteiger charge is 2.14. The number of fused-ring (bicyclic) bond motifs is 3. The summed E-state index contributed by atoms with van der Waals surface area (Å²) in [6.07, 6.45) is 0.